The lowest BCUT2D eigenvalue weighted by Gasteiger charge is -2.23. The third-order valence-electron chi connectivity index (χ3n) is 5.08. The molecule has 8 heteroatoms. The van der Waals surface area contributed by atoms with Crippen LogP contribution in [0, 0.1) is 0 Å². The van der Waals surface area contributed by atoms with Crippen LogP contribution in [0.4, 0.5) is 10.9 Å². The molecule has 0 aliphatic heterocycles. The number of carbonyl (C=O) groups is 1. The van der Waals surface area contributed by atoms with Gasteiger partial charge in [0, 0.05) is 30.1 Å². The average Bonchev–Trinajstić information content (AvgIpc) is 3.23. The first kappa shape index (κ1) is 22.7. The van der Waals surface area contributed by atoms with E-state index in [0.29, 0.717) is 23.1 Å². The van der Waals surface area contributed by atoms with Gasteiger partial charge >= 0.3 is 0 Å². The molecule has 0 aliphatic rings. The topological polar surface area (TPSA) is 79.4 Å². The number of nitrogens with one attached hydrogen (secondary N) is 2. The number of anilines is 2. The molecule has 2 heterocycles. The minimum atomic E-state index is -0.307. The van der Waals surface area contributed by atoms with Crippen LogP contribution < -0.4 is 15.4 Å². The lowest BCUT2D eigenvalue weighted by molar-refractivity contribution is 0.102. The Morgan fingerprint density at radius 3 is 2.61 bits per heavy atom. The molecule has 2 aromatic heterocycles. The van der Waals surface area contributed by atoms with Gasteiger partial charge in [-0.15, -0.1) is 11.3 Å². The zero-order valence-corrected chi connectivity index (χ0v) is 19.4. The Balaban J connectivity index is 1.73. The molecule has 7 nitrogen and oxygen atoms in total. The number of likely N-dealkylation sites (N-methyl/N-ethyl adjacent to an activating group) is 1. The summed E-state index contributed by atoms with van der Waals surface area (Å²) in [5.41, 5.74) is 2.20. The number of amides is 1. The molecule has 0 spiro atoms. The Hall–Kier alpha value is -2.97. The molecule has 0 saturated carbocycles. The van der Waals surface area contributed by atoms with Crippen molar-refractivity contribution in [3.8, 4) is 5.75 Å². The van der Waals surface area contributed by atoms with E-state index in [1.165, 1.54) is 11.3 Å². The maximum Gasteiger partial charge on any atom is 0.261 e. The molecular weight excluding hydrogens is 410 g/mol. The van der Waals surface area contributed by atoms with Crippen LogP contribution in [0.15, 0.2) is 48.0 Å². The first-order valence-corrected chi connectivity index (χ1v) is 10.9. The van der Waals surface area contributed by atoms with Gasteiger partial charge in [0.1, 0.15) is 11.6 Å². The predicted octanol–water partition coefficient (Wildman–Crippen LogP) is 4.10. The molecule has 3 rings (SSSR count). The van der Waals surface area contributed by atoms with E-state index in [9.17, 15) is 4.79 Å². The molecule has 31 heavy (non-hydrogen) atoms. The van der Waals surface area contributed by atoms with Crippen LogP contribution in [0.25, 0.3) is 0 Å². The lowest BCUT2D eigenvalue weighted by atomic mass is 9.82. The van der Waals surface area contributed by atoms with Crippen molar-refractivity contribution >= 4 is 28.2 Å². The standard InChI is InChI=1S/C23H29N5O2S/c1-23(2,16-8-10-17(30-5)11-9-16)19-15-31-22(26-19)27-21(29)18-7-6-12-24-20(18)25-13-14-28(3)4/h6-12,15H,13-14H2,1-5H3,(H,24,25)(H,26,27,29). The molecule has 1 aromatic carbocycles. The number of ether oxygens (including phenoxy) is 1. The summed E-state index contributed by atoms with van der Waals surface area (Å²) in [7, 11) is 5.66. The van der Waals surface area contributed by atoms with Crippen molar-refractivity contribution in [1.29, 1.82) is 0 Å². The number of methoxy groups -OCH3 is 1. The summed E-state index contributed by atoms with van der Waals surface area (Å²) < 4.78 is 5.25. The Morgan fingerprint density at radius 2 is 1.94 bits per heavy atom. The van der Waals surface area contributed by atoms with E-state index in [1.54, 1.807) is 25.4 Å². The summed E-state index contributed by atoms with van der Waals surface area (Å²) >= 11 is 1.41. The minimum absolute atomic E-state index is 0.233. The smallest absolute Gasteiger partial charge is 0.261 e. The number of hydrogen-bond acceptors (Lipinski definition) is 7. The molecule has 0 unspecified atom stereocenters. The fourth-order valence-electron chi connectivity index (χ4n) is 3.07. The monoisotopic (exact) mass is 439 g/mol. The van der Waals surface area contributed by atoms with E-state index in [0.717, 1.165) is 23.6 Å². The minimum Gasteiger partial charge on any atom is -0.497 e. The summed E-state index contributed by atoms with van der Waals surface area (Å²) in [6.07, 6.45) is 1.67. The summed E-state index contributed by atoms with van der Waals surface area (Å²) in [6, 6.07) is 11.5. The van der Waals surface area contributed by atoms with Crippen LogP contribution in [0.3, 0.4) is 0 Å². The molecule has 1 amide bonds. The lowest BCUT2D eigenvalue weighted by Crippen LogP contribution is -2.23. The molecule has 3 aromatic rings. The van der Waals surface area contributed by atoms with E-state index in [-0.39, 0.29) is 11.3 Å². The van der Waals surface area contributed by atoms with Gasteiger partial charge in [-0.05, 0) is 43.9 Å². The van der Waals surface area contributed by atoms with Gasteiger partial charge < -0.3 is 15.0 Å². The van der Waals surface area contributed by atoms with Gasteiger partial charge in [-0.1, -0.05) is 26.0 Å². The second-order valence-corrected chi connectivity index (χ2v) is 8.83. The van der Waals surface area contributed by atoms with Crippen molar-refractivity contribution < 1.29 is 9.53 Å². The van der Waals surface area contributed by atoms with Gasteiger partial charge in [-0.25, -0.2) is 9.97 Å². The first-order valence-electron chi connectivity index (χ1n) is 10.1. The second-order valence-electron chi connectivity index (χ2n) is 7.98. The van der Waals surface area contributed by atoms with Crippen molar-refractivity contribution in [2.75, 3.05) is 44.9 Å². The average molecular weight is 440 g/mol. The first-order chi connectivity index (χ1) is 14.8. The molecule has 0 aliphatic carbocycles. The maximum atomic E-state index is 12.9. The van der Waals surface area contributed by atoms with Crippen LogP contribution in [0.1, 0.15) is 35.5 Å². The van der Waals surface area contributed by atoms with Crippen LogP contribution in [0.2, 0.25) is 0 Å². The Labute approximate surface area is 187 Å². The number of thiazole rings is 1. The predicted molar refractivity (Wildman–Crippen MR) is 126 cm³/mol. The Bertz CT molecular complexity index is 1010. The van der Waals surface area contributed by atoms with Crippen molar-refractivity contribution in [1.82, 2.24) is 14.9 Å². The summed E-state index contributed by atoms with van der Waals surface area (Å²) in [5.74, 6) is 1.15. The van der Waals surface area contributed by atoms with Crippen molar-refractivity contribution in [2.45, 2.75) is 19.3 Å². The number of rotatable bonds is 9. The zero-order valence-electron chi connectivity index (χ0n) is 18.6. The number of nitrogens with zero attached hydrogens (tertiary/aromatic N) is 3. The molecule has 0 bridgehead atoms. The van der Waals surface area contributed by atoms with Gasteiger partial charge in [0.05, 0.1) is 18.4 Å². The van der Waals surface area contributed by atoms with Crippen LogP contribution in [0.5, 0.6) is 5.75 Å². The number of pyridine rings is 1. The molecule has 0 atom stereocenters. The van der Waals surface area contributed by atoms with Crippen molar-refractivity contribution in [3.63, 3.8) is 0 Å². The normalized spacial score (nSPS) is 11.4. The van der Waals surface area contributed by atoms with Gasteiger partial charge in [-0.2, -0.15) is 0 Å². The van der Waals surface area contributed by atoms with Crippen LogP contribution in [-0.4, -0.2) is 55.1 Å². The summed E-state index contributed by atoms with van der Waals surface area (Å²) in [6.45, 7) is 5.77. The van der Waals surface area contributed by atoms with Gasteiger partial charge in [0.2, 0.25) is 0 Å². The highest BCUT2D eigenvalue weighted by Crippen LogP contribution is 2.34. The molecule has 0 radical (unpaired) electrons. The largest absolute Gasteiger partial charge is 0.497 e. The van der Waals surface area contributed by atoms with E-state index < -0.39 is 0 Å². The number of carbonyl (C=O) groups excluding carboxylic acids is 1. The van der Waals surface area contributed by atoms with Crippen LogP contribution >= 0.6 is 11.3 Å². The van der Waals surface area contributed by atoms with Gasteiger partial charge in [0.15, 0.2) is 5.13 Å². The highest BCUT2D eigenvalue weighted by Gasteiger charge is 2.26. The van der Waals surface area contributed by atoms with Crippen molar-refractivity contribution in [3.05, 3.63) is 64.8 Å². The van der Waals surface area contributed by atoms with Crippen molar-refractivity contribution in [2.24, 2.45) is 0 Å². The third-order valence-corrected chi connectivity index (χ3v) is 5.84. The second kappa shape index (κ2) is 9.89. The van der Waals surface area contributed by atoms with Gasteiger partial charge in [0.25, 0.3) is 5.91 Å². The number of aromatic nitrogens is 2. The Kier molecular flexibility index (Phi) is 7.25. The number of benzene rings is 1. The molecule has 0 fully saturated rings. The molecule has 164 valence electrons. The maximum absolute atomic E-state index is 12.9. The zero-order chi connectivity index (χ0) is 22.4. The Morgan fingerprint density at radius 1 is 1.19 bits per heavy atom. The molecule has 0 saturated heterocycles. The highest BCUT2D eigenvalue weighted by molar-refractivity contribution is 7.14. The van der Waals surface area contributed by atoms with Gasteiger partial charge in [-0.3, -0.25) is 10.1 Å². The fraction of sp³-hybridized carbons (Fsp3) is 0.348. The SMILES string of the molecule is COc1ccc(C(C)(C)c2csc(NC(=O)c3cccnc3NCCN(C)C)n2)cc1. The summed E-state index contributed by atoms with van der Waals surface area (Å²) in [4.78, 5) is 24.0. The third kappa shape index (κ3) is 5.59. The quantitative estimate of drug-likeness (QED) is 0.523. The van der Waals surface area contributed by atoms with E-state index in [2.05, 4.69) is 39.3 Å². The van der Waals surface area contributed by atoms with Crippen LogP contribution in [-0.2, 0) is 5.41 Å². The van der Waals surface area contributed by atoms with E-state index >= 15 is 0 Å². The van der Waals surface area contributed by atoms with E-state index in [4.69, 9.17) is 4.74 Å². The number of hydrogen-bond donors (Lipinski definition) is 2. The summed E-state index contributed by atoms with van der Waals surface area (Å²) in [5, 5.41) is 8.69. The van der Waals surface area contributed by atoms with E-state index in [1.807, 2.05) is 43.7 Å². The molecular formula is C23H29N5O2S. The highest BCUT2D eigenvalue weighted by atomic mass is 32.1. The fourth-order valence-corrected chi connectivity index (χ4v) is 3.94. The molecule has 2 N–H and O–H groups in total.